The summed E-state index contributed by atoms with van der Waals surface area (Å²) < 4.78 is 1.74. The van der Waals surface area contributed by atoms with Gasteiger partial charge in [-0.05, 0) is 11.5 Å². The first-order chi connectivity index (χ1) is 5.13. The Morgan fingerprint density at radius 3 is 2.64 bits per heavy atom. The molecule has 1 aromatic heterocycles. The summed E-state index contributed by atoms with van der Waals surface area (Å²) >= 11 is 0. The minimum atomic E-state index is 0.451. The maximum absolute atomic E-state index is 3.96. The van der Waals surface area contributed by atoms with E-state index in [1.807, 2.05) is 7.05 Å². The lowest BCUT2D eigenvalue weighted by Gasteiger charge is -2.07. The molecule has 0 saturated carbocycles. The van der Waals surface area contributed by atoms with Gasteiger partial charge in [0.2, 0.25) is 0 Å². The fourth-order valence-corrected chi connectivity index (χ4v) is 0.876. The molecule has 0 radical (unpaired) electrons. The van der Waals surface area contributed by atoms with Crippen molar-refractivity contribution in [2.24, 2.45) is 13.0 Å². The number of aromatic nitrogens is 3. The largest absolute Gasteiger partial charge is 0.248 e. The van der Waals surface area contributed by atoms with Crippen LogP contribution in [0.4, 0.5) is 0 Å². The van der Waals surface area contributed by atoms with Crippen molar-refractivity contribution in [1.29, 1.82) is 0 Å². The Labute approximate surface area is 66.7 Å². The van der Waals surface area contributed by atoms with E-state index in [2.05, 4.69) is 30.7 Å². The van der Waals surface area contributed by atoms with Gasteiger partial charge in [0.15, 0.2) is 0 Å². The van der Waals surface area contributed by atoms with Gasteiger partial charge in [-0.3, -0.25) is 0 Å². The zero-order valence-electron chi connectivity index (χ0n) is 7.20. The Kier molecular flexibility index (Phi) is 2.08. The number of hydrogen-bond acceptors (Lipinski definition) is 2. The highest BCUT2D eigenvalue weighted by Gasteiger charge is 2.07. The minimum absolute atomic E-state index is 0.451. The van der Waals surface area contributed by atoms with Crippen LogP contribution in [0.3, 0.4) is 0 Å². The van der Waals surface area contributed by atoms with Crippen LogP contribution >= 0.6 is 0 Å². The van der Waals surface area contributed by atoms with Crippen molar-refractivity contribution >= 4 is 5.57 Å². The fourth-order valence-electron chi connectivity index (χ4n) is 0.876. The predicted octanol–water partition coefficient (Wildman–Crippen LogP) is 1.48. The topological polar surface area (TPSA) is 30.7 Å². The molecule has 0 aliphatic carbocycles. The number of rotatable bonds is 2. The Morgan fingerprint density at radius 1 is 1.64 bits per heavy atom. The van der Waals surface area contributed by atoms with Gasteiger partial charge in [0.25, 0.3) is 0 Å². The monoisotopic (exact) mass is 151 g/mol. The van der Waals surface area contributed by atoms with E-state index in [1.165, 1.54) is 0 Å². The molecule has 0 amide bonds. The summed E-state index contributed by atoms with van der Waals surface area (Å²) in [5.41, 5.74) is 2.09. The third-order valence-electron chi connectivity index (χ3n) is 1.74. The van der Waals surface area contributed by atoms with Gasteiger partial charge in [-0.15, -0.1) is 5.10 Å². The molecule has 1 aromatic rings. The van der Waals surface area contributed by atoms with Crippen LogP contribution in [0.25, 0.3) is 5.57 Å². The molecule has 3 nitrogen and oxygen atoms in total. The molecule has 60 valence electrons. The van der Waals surface area contributed by atoms with Gasteiger partial charge in [0.05, 0.1) is 11.9 Å². The average molecular weight is 151 g/mol. The van der Waals surface area contributed by atoms with E-state index in [9.17, 15) is 0 Å². The SMILES string of the molecule is C=C(c1cnnn1C)C(C)C. The van der Waals surface area contributed by atoms with Gasteiger partial charge in [0, 0.05) is 7.05 Å². The van der Waals surface area contributed by atoms with Gasteiger partial charge in [-0.2, -0.15) is 0 Å². The van der Waals surface area contributed by atoms with Crippen LogP contribution < -0.4 is 0 Å². The molecule has 0 fully saturated rings. The van der Waals surface area contributed by atoms with Crippen LogP contribution in [-0.4, -0.2) is 15.0 Å². The van der Waals surface area contributed by atoms with E-state index >= 15 is 0 Å². The van der Waals surface area contributed by atoms with E-state index in [0.29, 0.717) is 5.92 Å². The van der Waals surface area contributed by atoms with E-state index in [1.54, 1.807) is 10.9 Å². The number of hydrogen-bond donors (Lipinski definition) is 0. The van der Waals surface area contributed by atoms with Crippen molar-refractivity contribution in [2.45, 2.75) is 13.8 Å². The van der Waals surface area contributed by atoms with Crippen LogP contribution in [0.2, 0.25) is 0 Å². The summed E-state index contributed by atoms with van der Waals surface area (Å²) in [5.74, 6) is 0.451. The van der Waals surface area contributed by atoms with Crippen LogP contribution in [0.5, 0.6) is 0 Å². The molecule has 0 aliphatic heterocycles. The van der Waals surface area contributed by atoms with E-state index in [-0.39, 0.29) is 0 Å². The molecule has 0 aromatic carbocycles. The first kappa shape index (κ1) is 7.98. The number of aryl methyl sites for hydroxylation is 1. The molecule has 0 aliphatic rings. The van der Waals surface area contributed by atoms with Gasteiger partial charge < -0.3 is 0 Å². The third kappa shape index (κ3) is 1.48. The first-order valence-corrected chi connectivity index (χ1v) is 3.66. The number of allylic oxidation sites excluding steroid dienone is 1. The van der Waals surface area contributed by atoms with Crippen molar-refractivity contribution in [3.8, 4) is 0 Å². The van der Waals surface area contributed by atoms with Crippen molar-refractivity contribution in [3.05, 3.63) is 18.5 Å². The Bertz CT molecular complexity index is 260. The summed E-state index contributed by atoms with van der Waals surface area (Å²) in [6, 6.07) is 0. The number of nitrogens with zero attached hydrogens (tertiary/aromatic N) is 3. The molecule has 0 spiro atoms. The molecule has 3 heteroatoms. The zero-order valence-corrected chi connectivity index (χ0v) is 7.20. The second kappa shape index (κ2) is 2.86. The Hall–Kier alpha value is -1.12. The Morgan fingerprint density at radius 2 is 2.27 bits per heavy atom. The molecule has 0 N–H and O–H groups in total. The van der Waals surface area contributed by atoms with Crippen molar-refractivity contribution in [3.63, 3.8) is 0 Å². The molecular formula is C8H13N3. The molecule has 1 heterocycles. The van der Waals surface area contributed by atoms with Crippen molar-refractivity contribution < 1.29 is 0 Å². The lowest BCUT2D eigenvalue weighted by molar-refractivity contribution is 0.697. The second-order valence-electron chi connectivity index (χ2n) is 2.92. The summed E-state index contributed by atoms with van der Waals surface area (Å²) in [6.45, 7) is 8.17. The fraction of sp³-hybridized carbons (Fsp3) is 0.500. The maximum Gasteiger partial charge on any atom is 0.0838 e. The standard InChI is InChI=1S/C8H13N3/c1-6(2)7(3)8-5-9-10-11(8)4/h5-6H,3H2,1-2,4H3. The van der Waals surface area contributed by atoms with Crippen LogP contribution in [0.1, 0.15) is 19.5 Å². The van der Waals surface area contributed by atoms with Gasteiger partial charge in [-0.25, -0.2) is 4.68 Å². The quantitative estimate of drug-likeness (QED) is 0.641. The Balaban J connectivity index is 2.93. The molecule has 11 heavy (non-hydrogen) atoms. The second-order valence-corrected chi connectivity index (χ2v) is 2.92. The summed E-state index contributed by atoms with van der Waals surface area (Å²) in [4.78, 5) is 0. The summed E-state index contributed by atoms with van der Waals surface area (Å²) in [5, 5.41) is 7.60. The van der Waals surface area contributed by atoms with Crippen LogP contribution in [0, 0.1) is 5.92 Å². The van der Waals surface area contributed by atoms with E-state index in [4.69, 9.17) is 0 Å². The lowest BCUT2D eigenvalue weighted by Crippen LogP contribution is -2.00. The van der Waals surface area contributed by atoms with Crippen LogP contribution in [-0.2, 0) is 7.05 Å². The summed E-state index contributed by atoms with van der Waals surface area (Å²) in [6.07, 6.45) is 1.74. The minimum Gasteiger partial charge on any atom is -0.248 e. The highest BCUT2D eigenvalue weighted by atomic mass is 15.4. The van der Waals surface area contributed by atoms with Crippen LogP contribution in [0.15, 0.2) is 12.8 Å². The highest BCUT2D eigenvalue weighted by molar-refractivity contribution is 5.60. The highest BCUT2D eigenvalue weighted by Crippen LogP contribution is 2.18. The average Bonchev–Trinajstić information content (AvgIpc) is 2.33. The normalized spacial score (nSPS) is 10.5. The van der Waals surface area contributed by atoms with E-state index in [0.717, 1.165) is 11.3 Å². The zero-order chi connectivity index (χ0) is 8.43. The smallest absolute Gasteiger partial charge is 0.0838 e. The lowest BCUT2D eigenvalue weighted by atomic mass is 10.0. The molecule has 0 unspecified atom stereocenters. The third-order valence-corrected chi connectivity index (χ3v) is 1.74. The van der Waals surface area contributed by atoms with Crippen molar-refractivity contribution in [2.75, 3.05) is 0 Å². The molecule has 0 bridgehead atoms. The van der Waals surface area contributed by atoms with Crippen molar-refractivity contribution in [1.82, 2.24) is 15.0 Å². The first-order valence-electron chi connectivity index (χ1n) is 3.66. The van der Waals surface area contributed by atoms with Gasteiger partial charge >= 0.3 is 0 Å². The van der Waals surface area contributed by atoms with Gasteiger partial charge in [-0.1, -0.05) is 25.6 Å². The predicted molar refractivity (Wildman–Crippen MR) is 44.9 cm³/mol. The molecule has 0 saturated heterocycles. The van der Waals surface area contributed by atoms with E-state index < -0.39 is 0 Å². The molecular weight excluding hydrogens is 138 g/mol. The molecule has 1 rings (SSSR count). The molecule has 0 atom stereocenters. The summed E-state index contributed by atoms with van der Waals surface area (Å²) in [7, 11) is 1.87. The maximum atomic E-state index is 3.96. The van der Waals surface area contributed by atoms with Gasteiger partial charge in [0.1, 0.15) is 0 Å².